The third-order valence-electron chi connectivity index (χ3n) is 10.5. The van der Waals surface area contributed by atoms with E-state index in [4.69, 9.17) is 24.8 Å². The van der Waals surface area contributed by atoms with Crippen LogP contribution in [0.3, 0.4) is 0 Å². The molecule has 0 aliphatic carbocycles. The summed E-state index contributed by atoms with van der Waals surface area (Å²) >= 11 is 0. The van der Waals surface area contributed by atoms with Gasteiger partial charge in [0.25, 0.3) is 0 Å². The lowest BCUT2D eigenvalue weighted by Gasteiger charge is -2.20. The molecule has 0 aromatic heterocycles. The number of unbranched alkanes of at least 4 members (excludes halogenated alkanes) is 29. The molecular formula is C46H88NO10P. The van der Waals surface area contributed by atoms with Crippen molar-refractivity contribution >= 4 is 25.7 Å². The molecule has 0 fully saturated rings. The van der Waals surface area contributed by atoms with Crippen LogP contribution in [0.15, 0.2) is 12.2 Å². The maximum absolute atomic E-state index is 12.6. The monoisotopic (exact) mass is 846 g/mol. The normalized spacial score (nSPS) is 13.7. The maximum Gasteiger partial charge on any atom is 0.472 e. The van der Waals surface area contributed by atoms with Crippen LogP contribution < -0.4 is 5.73 Å². The number of carbonyl (C=O) groups is 3. The number of allylic oxidation sites excluding steroid dienone is 2. The van der Waals surface area contributed by atoms with E-state index >= 15 is 0 Å². The number of carbonyl (C=O) groups excluding carboxylic acids is 2. The topological polar surface area (TPSA) is 172 Å². The first-order valence-corrected chi connectivity index (χ1v) is 25.2. The first-order chi connectivity index (χ1) is 28.1. The van der Waals surface area contributed by atoms with Crippen molar-refractivity contribution in [3.05, 3.63) is 12.2 Å². The van der Waals surface area contributed by atoms with Crippen molar-refractivity contribution in [2.24, 2.45) is 5.73 Å². The number of phosphoric ester groups is 1. The van der Waals surface area contributed by atoms with Crippen LogP contribution in [-0.4, -0.2) is 59.9 Å². The van der Waals surface area contributed by atoms with Gasteiger partial charge in [-0.25, -0.2) is 4.57 Å². The van der Waals surface area contributed by atoms with Gasteiger partial charge in [0.05, 0.1) is 13.2 Å². The summed E-state index contributed by atoms with van der Waals surface area (Å²) in [6.45, 7) is 2.80. The number of phosphoric acid groups is 1. The van der Waals surface area contributed by atoms with E-state index in [0.29, 0.717) is 12.8 Å². The third kappa shape index (κ3) is 41.0. The molecule has 58 heavy (non-hydrogen) atoms. The summed E-state index contributed by atoms with van der Waals surface area (Å²) in [4.78, 5) is 46.0. The maximum atomic E-state index is 12.6. The van der Waals surface area contributed by atoms with Gasteiger partial charge in [0.15, 0.2) is 6.10 Å². The second kappa shape index (κ2) is 41.9. The molecule has 11 nitrogen and oxygen atoms in total. The molecule has 342 valence electrons. The Morgan fingerprint density at radius 2 is 0.862 bits per heavy atom. The standard InChI is InChI=1S/C46H88NO10P/c1-3-5-7-9-11-13-15-17-18-19-20-21-22-23-24-25-26-28-29-31-33-35-37-44(48)54-39-42(40-55-58(52,53)56-41-43(47)46(50)51)57-45(49)38-36-34-32-30-27-16-14-12-10-8-6-4-2/h12,14,42-43H,3-11,13,15-41,47H2,1-2H3,(H,50,51)(H,52,53)/b14-12+/t42-,43+/m0/s1. The third-order valence-corrected chi connectivity index (χ3v) is 11.5. The van der Waals surface area contributed by atoms with Gasteiger partial charge in [-0.2, -0.15) is 0 Å². The van der Waals surface area contributed by atoms with E-state index < -0.39 is 51.1 Å². The van der Waals surface area contributed by atoms with Crippen LogP contribution in [0, 0.1) is 0 Å². The van der Waals surface area contributed by atoms with E-state index in [1.807, 2.05) is 0 Å². The number of nitrogens with two attached hydrogens (primary N) is 1. The van der Waals surface area contributed by atoms with E-state index in [1.165, 1.54) is 135 Å². The highest BCUT2D eigenvalue weighted by atomic mass is 31.2. The Balaban J connectivity index is 4.18. The van der Waals surface area contributed by atoms with Crippen LogP contribution in [0.1, 0.15) is 232 Å². The molecule has 12 heteroatoms. The fourth-order valence-corrected chi connectivity index (χ4v) is 7.55. The van der Waals surface area contributed by atoms with E-state index in [9.17, 15) is 23.8 Å². The molecular weight excluding hydrogens is 757 g/mol. The Labute approximate surface area is 354 Å². The Hall–Kier alpha value is -1.78. The molecule has 0 aliphatic rings. The summed E-state index contributed by atoms with van der Waals surface area (Å²) < 4.78 is 32.7. The van der Waals surface area contributed by atoms with Crippen molar-refractivity contribution in [1.82, 2.24) is 0 Å². The summed E-state index contributed by atoms with van der Waals surface area (Å²) in [6.07, 6.45) is 42.9. The van der Waals surface area contributed by atoms with Crippen LogP contribution in [-0.2, 0) is 37.5 Å². The zero-order valence-corrected chi connectivity index (χ0v) is 38.1. The fraction of sp³-hybridized carbons (Fsp3) is 0.891. The molecule has 0 aromatic carbocycles. The fourth-order valence-electron chi connectivity index (χ4n) is 6.77. The van der Waals surface area contributed by atoms with Crippen LogP contribution in [0.25, 0.3) is 0 Å². The van der Waals surface area contributed by atoms with Crippen LogP contribution in [0.5, 0.6) is 0 Å². The molecule has 0 rings (SSSR count). The number of hydrogen-bond donors (Lipinski definition) is 3. The molecule has 0 heterocycles. The largest absolute Gasteiger partial charge is 0.480 e. The highest BCUT2D eigenvalue weighted by molar-refractivity contribution is 7.47. The molecule has 1 unspecified atom stereocenters. The van der Waals surface area contributed by atoms with Gasteiger partial charge in [-0.1, -0.05) is 193 Å². The van der Waals surface area contributed by atoms with Gasteiger partial charge in [0, 0.05) is 12.8 Å². The van der Waals surface area contributed by atoms with Gasteiger partial charge in [-0.05, 0) is 38.5 Å². The highest BCUT2D eigenvalue weighted by Gasteiger charge is 2.28. The summed E-state index contributed by atoms with van der Waals surface area (Å²) in [7, 11) is -4.71. The molecule has 0 amide bonds. The molecule has 0 saturated carbocycles. The second-order valence-corrected chi connectivity index (χ2v) is 17.7. The van der Waals surface area contributed by atoms with Gasteiger partial charge in [-0.15, -0.1) is 0 Å². The Bertz CT molecular complexity index is 1040. The van der Waals surface area contributed by atoms with Crippen LogP contribution in [0.2, 0.25) is 0 Å². The van der Waals surface area contributed by atoms with Gasteiger partial charge >= 0.3 is 25.7 Å². The zero-order chi connectivity index (χ0) is 42.8. The van der Waals surface area contributed by atoms with E-state index in [1.54, 1.807) is 0 Å². The number of carboxylic acid groups (broad SMARTS) is 1. The molecule has 0 spiro atoms. The van der Waals surface area contributed by atoms with Gasteiger partial charge in [-0.3, -0.25) is 23.4 Å². The van der Waals surface area contributed by atoms with Crippen LogP contribution >= 0.6 is 7.82 Å². The van der Waals surface area contributed by atoms with E-state index in [2.05, 4.69) is 30.5 Å². The molecule has 0 radical (unpaired) electrons. The molecule has 0 bridgehead atoms. The van der Waals surface area contributed by atoms with Crippen molar-refractivity contribution in [2.45, 2.75) is 244 Å². The lowest BCUT2D eigenvalue weighted by Crippen LogP contribution is -2.34. The number of carboxylic acids is 1. The molecule has 0 aromatic rings. The Kier molecular flexibility index (Phi) is 40.6. The van der Waals surface area contributed by atoms with Gasteiger partial charge < -0.3 is 25.2 Å². The minimum absolute atomic E-state index is 0.155. The minimum atomic E-state index is -4.71. The Morgan fingerprint density at radius 1 is 0.517 bits per heavy atom. The molecule has 3 atom stereocenters. The molecule has 4 N–H and O–H groups in total. The number of ether oxygens (including phenoxy) is 2. The predicted molar refractivity (Wildman–Crippen MR) is 236 cm³/mol. The number of rotatable bonds is 45. The smallest absolute Gasteiger partial charge is 0.472 e. The minimum Gasteiger partial charge on any atom is -0.480 e. The summed E-state index contributed by atoms with van der Waals surface area (Å²) in [5.41, 5.74) is 5.34. The summed E-state index contributed by atoms with van der Waals surface area (Å²) in [5.74, 6) is -2.37. The highest BCUT2D eigenvalue weighted by Crippen LogP contribution is 2.43. The van der Waals surface area contributed by atoms with Crippen molar-refractivity contribution < 1.29 is 47.5 Å². The van der Waals surface area contributed by atoms with Gasteiger partial charge in [0.2, 0.25) is 0 Å². The lowest BCUT2D eigenvalue weighted by molar-refractivity contribution is -0.161. The lowest BCUT2D eigenvalue weighted by atomic mass is 10.0. The molecule has 0 aliphatic heterocycles. The van der Waals surface area contributed by atoms with Crippen LogP contribution in [0.4, 0.5) is 0 Å². The van der Waals surface area contributed by atoms with Crippen molar-refractivity contribution in [1.29, 1.82) is 0 Å². The average Bonchev–Trinajstić information content (AvgIpc) is 3.20. The first-order valence-electron chi connectivity index (χ1n) is 23.7. The van der Waals surface area contributed by atoms with Gasteiger partial charge in [0.1, 0.15) is 12.6 Å². The first kappa shape index (κ1) is 56.2. The predicted octanol–water partition coefficient (Wildman–Crippen LogP) is 12.8. The average molecular weight is 846 g/mol. The van der Waals surface area contributed by atoms with E-state index in [-0.39, 0.29) is 19.4 Å². The Morgan fingerprint density at radius 3 is 1.29 bits per heavy atom. The zero-order valence-electron chi connectivity index (χ0n) is 37.2. The summed E-state index contributed by atoms with van der Waals surface area (Å²) in [5, 5.41) is 8.89. The number of esters is 2. The second-order valence-electron chi connectivity index (χ2n) is 16.2. The SMILES string of the molecule is CCCCC/C=C/CCCCCCCC(=O)O[C@@H](COC(=O)CCCCCCCCCCCCCCCCCCCCCCCC)COP(=O)(O)OC[C@@H](N)C(=O)O. The van der Waals surface area contributed by atoms with Crippen molar-refractivity contribution in [3.8, 4) is 0 Å². The van der Waals surface area contributed by atoms with Crippen molar-refractivity contribution in [3.63, 3.8) is 0 Å². The summed E-state index contributed by atoms with van der Waals surface area (Å²) in [6, 6.07) is -1.52. The quantitative estimate of drug-likeness (QED) is 0.0230. The molecule has 0 saturated heterocycles. The van der Waals surface area contributed by atoms with E-state index in [0.717, 1.165) is 57.8 Å². The van der Waals surface area contributed by atoms with Crippen molar-refractivity contribution in [2.75, 3.05) is 19.8 Å². The number of aliphatic carboxylic acids is 1. The number of hydrogen-bond acceptors (Lipinski definition) is 9.